The van der Waals surface area contributed by atoms with Crippen molar-refractivity contribution in [2.45, 2.75) is 32.4 Å². The minimum Gasteiger partial charge on any atom is -0.368 e. The maximum absolute atomic E-state index is 12.1. The summed E-state index contributed by atoms with van der Waals surface area (Å²) in [5.74, 6) is -1.37. The van der Waals surface area contributed by atoms with Gasteiger partial charge in [0.2, 0.25) is 17.7 Å². The lowest BCUT2D eigenvalue weighted by molar-refractivity contribution is -0.130. The Balaban J connectivity index is 2.75. The van der Waals surface area contributed by atoms with E-state index in [-0.39, 0.29) is 5.91 Å². The van der Waals surface area contributed by atoms with Gasteiger partial charge in [0.05, 0.1) is 0 Å². The maximum atomic E-state index is 12.1. The van der Waals surface area contributed by atoms with Gasteiger partial charge < -0.3 is 16.4 Å². The summed E-state index contributed by atoms with van der Waals surface area (Å²) >= 11 is 0. The molecule has 0 aliphatic rings. The van der Waals surface area contributed by atoms with Crippen molar-refractivity contribution in [1.82, 2.24) is 10.6 Å². The minimum atomic E-state index is -0.783. The Morgan fingerprint density at radius 1 is 1.15 bits per heavy atom. The molecule has 1 rings (SSSR count). The van der Waals surface area contributed by atoms with Gasteiger partial charge in [0.15, 0.2) is 0 Å². The van der Waals surface area contributed by atoms with E-state index < -0.39 is 23.9 Å². The molecule has 0 aliphatic heterocycles. The van der Waals surface area contributed by atoms with E-state index in [4.69, 9.17) is 5.73 Å². The molecule has 0 spiro atoms. The van der Waals surface area contributed by atoms with Crippen LogP contribution in [0.5, 0.6) is 0 Å². The molecule has 108 valence electrons. The quantitative estimate of drug-likeness (QED) is 0.666. The Labute approximate surface area is 117 Å². The van der Waals surface area contributed by atoms with Gasteiger partial charge in [0, 0.05) is 13.3 Å². The smallest absolute Gasteiger partial charge is 0.243 e. The average molecular weight is 277 g/mol. The standard InChI is InChI=1S/C14H19N3O3/c1-9(13(15)19)16-14(20)12(17-10(2)18)8-11-6-4-3-5-7-11/h3-7,9,12H,8H2,1-2H3,(H2,15,19)(H,16,20)(H,17,18)/t9-,12+/m0/s1. The number of hydrogen-bond donors (Lipinski definition) is 3. The summed E-state index contributed by atoms with van der Waals surface area (Å²) in [5.41, 5.74) is 6.01. The highest BCUT2D eigenvalue weighted by molar-refractivity contribution is 5.91. The number of amides is 3. The third kappa shape index (κ3) is 5.09. The van der Waals surface area contributed by atoms with Gasteiger partial charge >= 0.3 is 0 Å². The van der Waals surface area contributed by atoms with Crippen molar-refractivity contribution in [3.8, 4) is 0 Å². The second kappa shape index (κ2) is 7.28. The van der Waals surface area contributed by atoms with Crippen LogP contribution in [-0.4, -0.2) is 29.8 Å². The van der Waals surface area contributed by atoms with Gasteiger partial charge in [-0.15, -0.1) is 0 Å². The van der Waals surface area contributed by atoms with Crippen LogP contribution in [0.2, 0.25) is 0 Å². The van der Waals surface area contributed by atoms with E-state index in [0.29, 0.717) is 6.42 Å². The van der Waals surface area contributed by atoms with E-state index in [9.17, 15) is 14.4 Å². The number of nitrogens with two attached hydrogens (primary N) is 1. The highest BCUT2D eigenvalue weighted by Gasteiger charge is 2.22. The first kappa shape index (κ1) is 15.7. The van der Waals surface area contributed by atoms with Crippen molar-refractivity contribution in [2.24, 2.45) is 5.73 Å². The third-order valence-corrected chi connectivity index (χ3v) is 2.76. The van der Waals surface area contributed by atoms with E-state index in [0.717, 1.165) is 5.56 Å². The van der Waals surface area contributed by atoms with E-state index in [1.807, 2.05) is 30.3 Å². The molecule has 4 N–H and O–H groups in total. The van der Waals surface area contributed by atoms with Gasteiger partial charge in [0.25, 0.3) is 0 Å². The van der Waals surface area contributed by atoms with Crippen LogP contribution >= 0.6 is 0 Å². The van der Waals surface area contributed by atoms with Crippen molar-refractivity contribution < 1.29 is 14.4 Å². The SMILES string of the molecule is CC(=O)N[C@H](Cc1ccccc1)C(=O)N[C@@H](C)C(N)=O. The number of primary amides is 1. The molecule has 0 aromatic heterocycles. The highest BCUT2D eigenvalue weighted by atomic mass is 16.2. The zero-order chi connectivity index (χ0) is 15.1. The number of nitrogens with one attached hydrogen (secondary N) is 2. The summed E-state index contributed by atoms with van der Waals surface area (Å²) in [6.07, 6.45) is 0.345. The lowest BCUT2D eigenvalue weighted by atomic mass is 10.0. The summed E-state index contributed by atoms with van der Waals surface area (Å²) in [6, 6.07) is 7.77. The third-order valence-electron chi connectivity index (χ3n) is 2.76. The van der Waals surface area contributed by atoms with E-state index >= 15 is 0 Å². The average Bonchev–Trinajstić information content (AvgIpc) is 2.38. The molecule has 20 heavy (non-hydrogen) atoms. The van der Waals surface area contributed by atoms with Crippen LogP contribution in [0.15, 0.2) is 30.3 Å². The second-order valence-electron chi connectivity index (χ2n) is 4.58. The first-order valence-corrected chi connectivity index (χ1v) is 6.31. The molecular weight excluding hydrogens is 258 g/mol. The monoisotopic (exact) mass is 277 g/mol. The molecule has 0 bridgehead atoms. The lowest BCUT2D eigenvalue weighted by Gasteiger charge is -2.19. The first-order chi connectivity index (χ1) is 9.40. The number of benzene rings is 1. The summed E-state index contributed by atoms with van der Waals surface area (Å²) < 4.78 is 0. The second-order valence-corrected chi connectivity index (χ2v) is 4.58. The van der Waals surface area contributed by atoms with Crippen molar-refractivity contribution >= 4 is 17.7 Å². The zero-order valence-electron chi connectivity index (χ0n) is 11.6. The maximum Gasteiger partial charge on any atom is 0.243 e. The molecule has 0 unspecified atom stereocenters. The van der Waals surface area contributed by atoms with Crippen LogP contribution in [0.25, 0.3) is 0 Å². The predicted octanol–water partition coefficient (Wildman–Crippen LogP) is -0.276. The molecule has 6 heteroatoms. The Hall–Kier alpha value is -2.37. The molecule has 2 atom stereocenters. The van der Waals surface area contributed by atoms with Crippen LogP contribution in [0, 0.1) is 0 Å². The Bertz CT molecular complexity index is 488. The summed E-state index contributed by atoms with van der Waals surface area (Å²) in [5, 5.41) is 5.05. The lowest BCUT2D eigenvalue weighted by Crippen LogP contribution is -2.52. The van der Waals surface area contributed by atoms with E-state index in [1.54, 1.807) is 0 Å². The molecule has 0 aliphatic carbocycles. The van der Waals surface area contributed by atoms with Crippen LogP contribution < -0.4 is 16.4 Å². The molecule has 0 fully saturated rings. The van der Waals surface area contributed by atoms with Gasteiger partial charge in [-0.1, -0.05) is 30.3 Å². The number of carbonyl (C=O) groups is 3. The molecule has 0 saturated carbocycles. The highest BCUT2D eigenvalue weighted by Crippen LogP contribution is 2.04. The van der Waals surface area contributed by atoms with E-state index in [1.165, 1.54) is 13.8 Å². The molecule has 3 amide bonds. The largest absolute Gasteiger partial charge is 0.368 e. The topological polar surface area (TPSA) is 101 Å². The van der Waals surface area contributed by atoms with Crippen LogP contribution in [0.1, 0.15) is 19.4 Å². The summed E-state index contributed by atoms with van der Waals surface area (Å²) in [4.78, 5) is 34.2. The molecule has 1 aromatic rings. The zero-order valence-corrected chi connectivity index (χ0v) is 11.6. The van der Waals surface area contributed by atoms with Gasteiger partial charge in [-0.25, -0.2) is 0 Å². The summed E-state index contributed by atoms with van der Waals surface area (Å²) in [6.45, 7) is 2.83. The number of carbonyl (C=O) groups excluding carboxylic acids is 3. The van der Waals surface area contributed by atoms with Crippen molar-refractivity contribution in [2.75, 3.05) is 0 Å². The molecule has 0 saturated heterocycles. The predicted molar refractivity (Wildman–Crippen MR) is 74.5 cm³/mol. The Morgan fingerprint density at radius 2 is 1.75 bits per heavy atom. The van der Waals surface area contributed by atoms with Crippen LogP contribution in [0.4, 0.5) is 0 Å². The van der Waals surface area contributed by atoms with Crippen molar-refractivity contribution in [3.63, 3.8) is 0 Å². The van der Waals surface area contributed by atoms with Gasteiger partial charge in [-0.05, 0) is 12.5 Å². The Kier molecular flexibility index (Phi) is 5.71. The first-order valence-electron chi connectivity index (χ1n) is 6.31. The number of rotatable bonds is 6. The fourth-order valence-corrected chi connectivity index (χ4v) is 1.69. The van der Waals surface area contributed by atoms with E-state index in [2.05, 4.69) is 10.6 Å². The summed E-state index contributed by atoms with van der Waals surface area (Å²) in [7, 11) is 0. The molecular formula is C14H19N3O3. The van der Waals surface area contributed by atoms with Crippen LogP contribution in [-0.2, 0) is 20.8 Å². The van der Waals surface area contributed by atoms with Gasteiger partial charge in [-0.3, -0.25) is 14.4 Å². The van der Waals surface area contributed by atoms with Crippen LogP contribution in [0.3, 0.4) is 0 Å². The fourth-order valence-electron chi connectivity index (χ4n) is 1.69. The van der Waals surface area contributed by atoms with Crippen molar-refractivity contribution in [3.05, 3.63) is 35.9 Å². The fraction of sp³-hybridized carbons (Fsp3) is 0.357. The molecule has 0 radical (unpaired) electrons. The van der Waals surface area contributed by atoms with Gasteiger partial charge in [-0.2, -0.15) is 0 Å². The normalized spacial score (nSPS) is 13.1. The molecule has 1 aromatic carbocycles. The number of hydrogen-bond acceptors (Lipinski definition) is 3. The van der Waals surface area contributed by atoms with Crippen molar-refractivity contribution in [1.29, 1.82) is 0 Å². The Morgan fingerprint density at radius 3 is 2.25 bits per heavy atom. The van der Waals surface area contributed by atoms with Gasteiger partial charge in [0.1, 0.15) is 12.1 Å². The molecule has 0 heterocycles. The molecule has 6 nitrogen and oxygen atoms in total. The minimum absolute atomic E-state index is 0.312.